The highest BCUT2D eigenvalue weighted by atomic mass is 32.2. The lowest BCUT2D eigenvalue weighted by Gasteiger charge is -2.36. The number of aliphatic hydroxyl groups is 1. The van der Waals surface area contributed by atoms with Crippen molar-refractivity contribution in [2.75, 3.05) is 19.3 Å². The molecule has 1 aromatic heterocycles. The first kappa shape index (κ1) is 26.9. The third kappa shape index (κ3) is 4.47. The number of β-amino-alcohol motifs (C(OH)–C–C–N with tert-alkyl or cyclic N) is 1. The second kappa shape index (κ2) is 9.22. The summed E-state index contributed by atoms with van der Waals surface area (Å²) in [7, 11) is -3.61. The average Bonchev–Trinajstić information content (AvgIpc) is 3.59. The minimum absolute atomic E-state index is 0.0438. The van der Waals surface area contributed by atoms with Crippen LogP contribution in [0.5, 0.6) is 0 Å². The summed E-state index contributed by atoms with van der Waals surface area (Å²) in [5.74, 6) is -0.456. The number of thiazole rings is 1. The van der Waals surface area contributed by atoms with Crippen LogP contribution in [-0.4, -0.2) is 82.9 Å². The maximum absolute atomic E-state index is 13.9. The number of rotatable bonds is 5. The average molecular weight is 560 g/mol. The number of nitrogens with zero attached hydrogens (tertiary/aromatic N) is 4. The minimum atomic E-state index is -3.61. The van der Waals surface area contributed by atoms with Crippen LogP contribution in [0.2, 0.25) is 0 Å². The first-order valence-corrected chi connectivity index (χ1v) is 15.3. The number of likely N-dealkylation sites (tertiary alicyclic amines) is 1. The molecule has 12 heteroatoms. The molecule has 204 valence electrons. The Morgan fingerprint density at radius 3 is 2.50 bits per heavy atom. The van der Waals surface area contributed by atoms with E-state index in [-0.39, 0.29) is 31.3 Å². The van der Waals surface area contributed by atoms with Crippen LogP contribution < -0.4 is 5.32 Å². The Kier molecular flexibility index (Phi) is 6.53. The molecule has 2 N–H and O–H groups in total. The van der Waals surface area contributed by atoms with Crippen molar-refractivity contribution in [3.8, 4) is 10.4 Å². The van der Waals surface area contributed by atoms with Crippen LogP contribution in [0.15, 0.2) is 34.8 Å². The molecular weight excluding hydrogens is 526 g/mol. The Bertz CT molecular complexity index is 1420. The first-order chi connectivity index (χ1) is 17.7. The van der Waals surface area contributed by atoms with Gasteiger partial charge in [-0.1, -0.05) is 38.1 Å². The number of aryl methyl sites for hydroxylation is 1. The highest BCUT2D eigenvalue weighted by molar-refractivity contribution is 7.88. The molecule has 0 aliphatic carbocycles. The van der Waals surface area contributed by atoms with Gasteiger partial charge in [-0.3, -0.25) is 9.59 Å². The molecule has 10 nitrogen and oxygen atoms in total. The lowest BCUT2D eigenvalue weighted by atomic mass is 9.84. The van der Waals surface area contributed by atoms with Crippen LogP contribution >= 0.6 is 11.3 Å². The molecule has 4 atom stereocenters. The van der Waals surface area contributed by atoms with Gasteiger partial charge in [0, 0.05) is 19.5 Å². The second-order valence-corrected chi connectivity index (χ2v) is 14.1. The SMILES string of the molecule is Cc1ncsc1-c1ccc([C@]2(C)NC([C@@H]3C[C@@H](O)CN3C(=O)C3N(S(C)(=O)=O)CCC3(C)C)=NC2=O)cc1. The van der Waals surface area contributed by atoms with Gasteiger partial charge in [0.1, 0.15) is 17.4 Å². The number of aliphatic hydroxyl groups excluding tert-OH is 1. The summed E-state index contributed by atoms with van der Waals surface area (Å²) in [6, 6.07) is 6.11. The Labute approximate surface area is 226 Å². The fourth-order valence-corrected chi connectivity index (χ4v) is 7.78. The third-order valence-corrected chi connectivity index (χ3v) is 10.3. The molecule has 1 unspecified atom stereocenters. The lowest BCUT2D eigenvalue weighted by Crippen LogP contribution is -2.56. The normalized spacial score (nSPS) is 29.5. The van der Waals surface area contributed by atoms with E-state index in [1.165, 1.54) is 9.21 Å². The van der Waals surface area contributed by atoms with Crippen molar-refractivity contribution in [2.24, 2.45) is 10.4 Å². The monoisotopic (exact) mass is 559 g/mol. The topological polar surface area (TPSA) is 132 Å². The van der Waals surface area contributed by atoms with Gasteiger partial charge in [-0.25, -0.2) is 13.4 Å². The first-order valence-electron chi connectivity index (χ1n) is 12.6. The molecule has 2 amide bonds. The maximum Gasteiger partial charge on any atom is 0.277 e. The van der Waals surface area contributed by atoms with Crippen molar-refractivity contribution in [1.82, 2.24) is 19.5 Å². The van der Waals surface area contributed by atoms with Gasteiger partial charge in [-0.15, -0.1) is 11.3 Å². The third-order valence-electron chi connectivity index (χ3n) is 8.04. The van der Waals surface area contributed by atoms with Gasteiger partial charge in [0.25, 0.3) is 5.91 Å². The number of hydrogen-bond acceptors (Lipinski definition) is 8. The summed E-state index contributed by atoms with van der Waals surface area (Å²) in [5.41, 5.74) is 2.76. The van der Waals surface area contributed by atoms with E-state index >= 15 is 0 Å². The van der Waals surface area contributed by atoms with E-state index in [2.05, 4.69) is 15.3 Å². The van der Waals surface area contributed by atoms with Gasteiger partial charge in [0.2, 0.25) is 15.9 Å². The van der Waals surface area contributed by atoms with Crippen LogP contribution in [-0.2, 0) is 25.2 Å². The number of hydrogen-bond donors (Lipinski definition) is 2. The fourth-order valence-electron chi connectivity index (χ4n) is 5.79. The Morgan fingerprint density at radius 2 is 1.89 bits per heavy atom. The zero-order valence-electron chi connectivity index (χ0n) is 22.1. The molecule has 38 heavy (non-hydrogen) atoms. The van der Waals surface area contributed by atoms with E-state index in [0.29, 0.717) is 12.3 Å². The maximum atomic E-state index is 13.9. The molecular formula is C26H33N5O5S2. The van der Waals surface area contributed by atoms with Crippen molar-refractivity contribution in [1.29, 1.82) is 0 Å². The van der Waals surface area contributed by atoms with Gasteiger partial charge in [0.05, 0.1) is 34.5 Å². The summed E-state index contributed by atoms with van der Waals surface area (Å²) < 4.78 is 26.2. The molecule has 5 rings (SSSR count). The molecule has 0 bridgehead atoms. The Hall–Kier alpha value is -2.67. The zero-order valence-corrected chi connectivity index (χ0v) is 23.8. The van der Waals surface area contributed by atoms with Crippen molar-refractivity contribution in [3.05, 3.63) is 41.0 Å². The Morgan fingerprint density at radius 1 is 1.21 bits per heavy atom. The van der Waals surface area contributed by atoms with Crippen LogP contribution in [0.1, 0.15) is 44.9 Å². The van der Waals surface area contributed by atoms with Crippen LogP contribution in [0, 0.1) is 12.3 Å². The number of aliphatic imine (C=N–C) groups is 1. The molecule has 3 aliphatic rings. The minimum Gasteiger partial charge on any atom is -0.391 e. The van der Waals surface area contributed by atoms with Gasteiger partial charge in [0.15, 0.2) is 0 Å². The molecule has 2 fully saturated rings. The molecule has 1 aromatic carbocycles. The van der Waals surface area contributed by atoms with E-state index in [4.69, 9.17) is 0 Å². The van der Waals surface area contributed by atoms with E-state index < -0.39 is 39.2 Å². The standard InChI is InChI=1S/C26H33N5O5S2/c1-15-20(37-14-27-15)16-6-8-17(9-7-16)26(4)24(34)28-22(29-26)19-12-18(32)13-30(19)23(33)21-25(2,3)10-11-31(21)38(5,35)36/h6-9,14,18-19,21,32H,10-13H2,1-5H3,(H,28,29,34)/t18-,19+,21?,26+/m1/s1. The summed E-state index contributed by atoms with van der Waals surface area (Å²) >= 11 is 1.55. The molecule has 2 saturated heterocycles. The van der Waals surface area contributed by atoms with Crippen molar-refractivity contribution >= 4 is 39.0 Å². The highest BCUT2D eigenvalue weighted by Crippen LogP contribution is 2.40. The van der Waals surface area contributed by atoms with E-state index in [1.54, 1.807) is 23.8 Å². The number of benzene rings is 1. The van der Waals surface area contributed by atoms with E-state index in [1.807, 2.05) is 45.0 Å². The Balaban J connectivity index is 1.40. The number of carbonyl (C=O) groups excluding carboxylic acids is 2. The quantitative estimate of drug-likeness (QED) is 0.572. The van der Waals surface area contributed by atoms with Crippen molar-refractivity contribution < 1.29 is 23.1 Å². The van der Waals surface area contributed by atoms with Crippen LogP contribution in [0.25, 0.3) is 10.4 Å². The smallest absolute Gasteiger partial charge is 0.277 e. The van der Waals surface area contributed by atoms with Crippen LogP contribution in [0.4, 0.5) is 0 Å². The lowest BCUT2D eigenvalue weighted by molar-refractivity contribution is -0.137. The zero-order chi connectivity index (χ0) is 27.6. The van der Waals surface area contributed by atoms with Gasteiger partial charge in [-0.05, 0) is 36.8 Å². The van der Waals surface area contributed by atoms with E-state index in [0.717, 1.165) is 28.0 Å². The van der Waals surface area contributed by atoms with Crippen molar-refractivity contribution in [2.45, 2.75) is 64.3 Å². The number of amidine groups is 1. The largest absolute Gasteiger partial charge is 0.391 e. The number of carbonyl (C=O) groups is 2. The summed E-state index contributed by atoms with van der Waals surface area (Å²) in [6.45, 7) is 7.77. The van der Waals surface area contributed by atoms with Gasteiger partial charge >= 0.3 is 0 Å². The number of sulfonamides is 1. The molecule has 4 heterocycles. The molecule has 3 aliphatic heterocycles. The predicted octanol–water partition coefficient (Wildman–Crippen LogP) is 1.88. The highest BCUT2D eigenvalue weighted by Gasteiger charge is 2.54. The molecule has 0 saturated carbocycles. The fraction of sp³-hybridized carbons (Fsp3) is 0.538. The second-order valence-electron chi connectivity index (χ2n) is 11.3. The molecule has 2 aromatic rings. The summed E-state index contributed by atoms with van der Waals surface area (Å²) in [4.78, 5) is 38.2. The number of amides is 2. The van der Waals surface area contributed by atoms with Gasteiger partial charge < -0.3 is 15.3 Å². The van der Waals surface area contributed by atoms with E-state index in [9.17, 15) is 23.1 Å². The number of nitrogens with one attached hydrogen (secondary N) is 1. The van der Waals surface area contributed by atoms with Crippen molar-refractivity contribution in [3.63, 3.8) is 0 Å². The van der Waals surface area contributed by atoms with Crippen LogP contribution in [0.3, 0.4) is 0 Å². The van der Waals surface area contributed by atoms with Gasteiger partial charge in [-0.2, -0.15) is 9.30 Å². The molecule has 0 spiro atoms. The summed E-state index contributed by atoms with van der Waals surface area (Å²) in [5, 5.41) is 13.8. The molecule has 0 radical (unpaired) electrons. The predicted molar refractivity (Wildman–Crippen MR) is 145 cm³/mol. The summed E-state index contributed by atoms with van der Waals surface area (Å²) in [6.07, 6.45) is 1.05. The number of aromatic nitrogens is 1.